The minimum absolute atomic E-state index is 0.0582. The fourth-order valence-corrected chi connectivity index (χ4v) is 3.56. The zero-order valence-corrected chi connectivity index (χ0v) is 14.8. The maximum absolute atomic E-state index is 12.6. The van der Waals surface area contributed by atoms with Crippen LogP contribution in [-0.4, -0.2) is 45.4 Å². The summed E-state index contributed by atoms with van der Waals surface area (Å²) in [6.45, 7) is 3.45. The molecule has 2 amide bonds. The highest BCUT2D eigenvalue weighted by Crippen LogP contribution is 2.31. The van der Waals surface area contributed by atoms with Gasteiger partial charge >= 0.3 is 0 Å². The van der Waals surface area contributed by atoms with Crippen molar-refractivity contribution in [1.82, 2.24) is 19.8 Å². The van der Waals surface area contributed by atoms with Crippen molar-refractivity contribution < 1.29 is 9.59 Å². The van der Waals surface area contributed by atoms with Crippen LogP contribution in [0.5, 0.6) is 0 Å². The Kier molecular flexibility index (Phi) is 3.98. The highest BCUT2D eigenvalue weighted by atomic mass is 16.2. The summed E-state index contributed by atoms with van der Waals surface area (Å²) in [4.78, 5) is 31.1. The molecule has 1 aliphatic carbocycles. The van der Waals surface area contributed by atoms with Gasteiger partial charge in [0.15, 0.2) is 0 Å². The van der Waals surface area contributed by atoms with Crippen LogP contribution in [0.2, 0.25) is 0 Å². The minimum atomic E-state index is -0.0582. The number of nitrogens with one attached hydrogen (secondary N) is 1. The number of amides is 2. The Morgan fingerprint density at radius 2 is 1.88 bits per heavy atom. The molecular weight excluding hydrogens is 316 g/mol. The van der Waals surface area contributed by atoms with Gasteiger partial charge in [0, 0.05) is 37.7 Å². The van der Waals surface area contributed by atoms with Crippen LogP contribution in [0.4, 0.5) is 0 Å². The molecule has 1 aromatic carbocycles. The van der Waals surface area contributed by atoms with E-state index in [1.165, 1.54) is 0 Å². The van der Waals surface area contributed by atoms with Crippen molar-refractivity contribution in [3.05, 3.63) is 29.6 Å². The molecule has 1 aromatic heterocycles. The van der Waals surface area contributed by atoms with Gasteiger partial charge in [-0.3, -0.25) is 9.59 Å². The predicted molar refractivity (Wildman–Crippen MR) is 95.2 cm³/mol. The lowest BCUT2D eigenvalue weighted by atomic mass is 10.0. The van der Waals surface area contributed by atoms with E-state index >= 15 is 0 Å². The minimum Gasteiger partial charge on any atom is -0.349 e. The van der Waals surface area contributed by atoms with Crippen LogP contribution in [0.3, 0.4) is 0 Å². The second-order valence-electron chi connectivity index (χ2n) is 7.27. The molecular formula is C19H24N4O2. The van der Waals surface area contributed by atoms with Crippen molar-refractivity contribution in [2.75, 3.05) is 13.1 Å². The van der Waals surface area contributed by atoms with Crippen molar-refractivity contribution in [3.63, 3.8) is 0 Å². The molecule has 0 radical (unpaired) electrons. The predicted octanol–water partition coefficient (Wildman–Crippen LogP) is 2.01. The van der Waals surface area contributed by atoms with Gasteiger partial charge in [0.2, 0.25) is 5.91 Å². The molecule has 1 aliphatic heterocycles. The van der Waals surface area contributed by atoms with E-state index < -0.39 is 0 Å². The smallest absolute Gasteiger partial charge is 0.251 e. The van der Waals surface area contributed by atoms with Gasteiger partial charge in [0.05, 0.1) is 11.0 Å². The topological polar surface area (TPSA) is 67.2 Å². The molecule has 2 fully saturated rings. The average Bonchev–Trinajstić information content (AvgIpc) is 3.42. The molecule has 25 heavy (non-hydrogen) atoms. The van der Waals surface area contributed by atoms with E-state index in [0.29, 0.717) is 11.5 Å². The first-order valence-corrected chi connectivity index (χ1v) is 9.05. The molecule has 2 heterocycles. The molecule has 2 aliphatic rings. The van der Waals surface area contributed by atoms with Crippen molar-refractivity contribution in [3.8, 4) is 0 Å². The molecule has 0 unspecified atom stereocenters. The molecule has 0 atom stereocenters. The third-order valence-electron chi connectivity index (χ3n) is 5.44. The van der Waals surface area contributed by atoms with Gasteiger partial charge in [-0.2, -0.15) is 0 Å². The summed E-state index contributed by atoms with van der Waals surface area (Å²) in [5.74, 6) is 1.46. The number of piperidine rings is 1. The Hall–Kier alpha value is -2.37. The first-order chi connectivity index (χ1) is 12.0. The van der Waals surface area contributed by atoms with Gasteiger partial charge in [-0.25, -0.2) is 4.98 Å². The molecule has 1 saturated heterocycles. The van der Waals surface area contributed by atoms with Crippen LogP contribution in [0, 0.1) is 12.8 Å². The monoisotopic (exact) mass is 340 g/mol. The normalized spacial score (nSPS) is 18.6. The molecule has 6 heteroatoms. The zero-order valence-electron chi connectivity index (χ0n) is 14.8. The van der Waals surface area contributed by atoms with Gasteiger partial charge in [0.25, 0.3) is 5.91 Å². The van der Waals surface area contributed by atoms with E-state index in [9.17, 15) is 9.59 Å². The van der Waals surface area contributed by atoms with Crippen LogP contribution in [0.1, 0.15) is 41.9 Å². The van der Waals surface area contributed by atoms with Crippen molar-refractivity contribution >= 4 is 22.8 Å². The number of benzene rings is 1. The lowest BCUT2D eigenvalue weighted by Crippen LogP contribution is -2.47. The first-order valence-electron chi connectivity index (χ1n) is 9.05. The lowest BCUT2D eigenvalue weighted by molar-refractivity contribution is -0.133. The van der Waals surface area contributed by atoms with Crippen LogP contribution in [-0.2, 0) is 11.8 Å². The van der Waals surface area contributed by atoms with Crippen molar-refractivity contribution in [2.24, 2.45) is 13.0 Å². The number of imidazole rings is 1. The fraction of sp³-hybridized carbons (Fsp3) is 0.526. The number of likely N-dealkylation sites (tertiary alicyclic amines) is 1. The summed E-state index contributed by atoms with van der Waals surface area (Å²) in [6.07, 6.45) is 3.75. The van der Waals surface area contributed by atoms with Crippen LogP contribution in [0.15, 0.2) is 18.2 Å². The number of hydrogen-bond donors (Lipinski definition) is 1. The maximum Gasteiger partial charge on any atom is 0.251 e. The molecule has 2 aromatic rings. The summed E-state index contributed by atoms with van der Waals surface area (Å²) >= 11 is 0. The standard InChI is InChI=1S/C19H24N4O2/c1-12-20-16-11-14(5-6-17(16)22(12)2)18(24)21-15-7-9-23(10-8-15)19(25)13-3-4-13/h5-6,11,13,15H,3-4,7-10H2,1-2H3,(H,21,24). The van der Waals surface area contributed by atoms with Gasteiger partial charge < -0.3 is 14.8 Å². The molecule has 0 bridgehead atoms. The van der Waals surface area contributed by atoms with Gasteiger partial charge in [0.1, 0.15) is 5.82 Å². The van der Waals surface area contributed by atoms with Gasteiger partial charge in [-0.15, -0.1) is 0 Å². The number of aryl methyl sites for hydroxylation is 2. The van der Waals surface area contributed by atoms with Crippen LogP contribution in [0.25, 0.3) is 11.0 Å². The summed E-state index contributed by atoms with van der Waals surface area (Å²) < 4.78 is 2.02. The number of aromatic nitrogens is 2. The third-order valence-corrected chi connectivity index (χ3v) is 5.44. The number of rotatable bonds is 3. The van der Waals surface area contributed by atoms with Crippen LogP contribution < -0.4 is 5.32 Å². The number of hydrogen-bond acceptors (Lipinski definition) is 3. The third kappa shape index (κ3) is 3.13. The van der Waals surface area contributed by atoms with Gasteiger partial charge in [-0.05, 0) is 50.8 Å². The number of carbonyl (C=O) groups excluding carboxylic acids is 2. The van der Waals surface area contributed by atoms with E-state index in [0.717, 1.165) is 55.6 Å². The van der Waals surface area contributed by atoms with Crippen LogP contribution >= 0.6 is 0 Å². The Balaban J connectivity index is 1.38. The summed E-state index contributed by atoms with van der Waals surface area (Å²) in [5, 5.41) is 3.11. The Labute approximate surface area is 147 Å². The summed E-state index contributed by atoms with van der Waals surface area (Å²) in [7, 11) is 1.97. The average molecular weight is 340 g/mol. The number of nitrogens with zero attached hydrogens (tertiary/aromatic N) is 3. The van der Waals surface area contributed by atoms with Crippen molar-refractivity contribution in [1.29, 1.82) is 0 Å². The quantitative estimate of drug-likeness (QED) is 0.929. The van der Waals surface area contributed by atoms with E-state index in [2.05, 4.69) is 10.3 Å². The Bertz CT molecular complexity index is 829. The molecule has 6 nitrogen and oxygen atoms in total. The summed E-state index contributed by atoms with van der Waals surface area (Å²) in [5.41, 5.74) is 2.51. The molecule has 4 rings (SSSR count). The number of fused-ring (bicyclic) bond motifs is 1. The van der Waals surface area contributed by atoms with E-state index in [1.54, 1.807) is 0 Å². The number of carbonyl (C=O) groups is 2. The SMILES string of the molecule is Cc1nc2cc(C(=O)NC3CCN(C(=O)C4CC4)CC3)ccc2n1C. The first kappa shape index (κ1) is 16.1. The molecule has 0 spiro atoms. The highest BCUT2D eigenvalue weighted by molar-refractivity contribution is 5.97. The zero-order chi connectivity index (χ0) is 17.6. The molecule has 132 valence electrons. The van der Waals surface area contributed by atoms with Gasteiger partial charge in [-0.1, -0.05) is 0 Å². The second kappa shape index (κ2) is 6.17. The summed E-state index contributed by atoms with van der Waals surface area (Å²) in [6, 6.07) is 5.78. The molecule has 1 N–H and O–H groups in total. The van der Waals surface area contributed by atoms with E-state index in [4.69, 9.17) is 0 Å². The van der Waals surface area contributed by atoms with Crippen molar-refractivity contribution in [2.45, 2.75) is 38.6 Å². The Morgan fingerprint density at radius 1 is 1.16 bits per heavy atom. The van der Waals surface area contributed by atoms with E-state index in [-0.39, 0.29) is 17.9 Å². The lowest BCUT2D eigenvalue weighted by Gasteiger charge is -2.32. The maximum atomic E-state index is 12.6. The Morgan fingerprint density at radius 3 is 2.56 bits per heavy atom. The van der Waals surface area contributed by atoms with E-state index in [1.807, 2.05) is 41.6 Å². The second-order valence-corrected chi connectivity index (χ2v) is 7.27. The molecule has 1 saturated carbocycles. The fourth-order valence-electron chi connectivity index (χ4n) is 3.56. The highest BCUT2D eigenvalue weighted by Gasteiger charge is 2.35. The largest absolute Gasteiger partial charge is 0.349 e.